The molecule has 0 fully saturated rings. The molecule has 6 heteroatoms. The molecule has 0 radical (unpaired) electrons. The lowest BCUT2D eigenvalue weighted by Gasteiger charge is -2.13. The van der Waals surface area contributed by atoms with Gasteiger partial charge in [-0.2, -0.15) is 0 Å². The average Bonchev–Trinajstić information content (AvgIpc) is 2.66. The zero-order valence-electron chi connectivity index (χ0n) is 14.6. The molecule has 0 aliphatic carbocycles. The number of rotatable bonds is 7. The van der Waals surface area contributed by atoms with Gasteiger partial charge >= 0.3 is 0 Å². The predicted octanol–water partition coefficient (Wildman–Crippen LogP) is 6.33. The fourth-order valence-corrected chi connectivity index (χ4v) is 3.03. The van der Waals surface area contributed by atoms with E-state index in [1.54, 1.807) is 25.3 Å². The van der Waals surface area contributed by atoms with E-state index in [4.69, 9.17) is 32.7 Å². The predicted molar refractivity (Wildman–Crippen MR) is 108 cm³/mol. The molecule has 3 aromatic carbocycles. The first-order chi connectivity index (χ1) is 13.0. The Morgan fingerprint density at radius 1 is 0.926 bits per heavy atom. The quantitative estimate of drug-likeness (QED) is 0.497. The van der Waals surface area contributed by atoms with Crippen molar-refractivity contribution in [1.82, 2.24) is 0 Å². The van der Waals surface area contributed by atoms with Gasteiger partial charge in [-0.15, -0.1) is 0 Å². The van der Waals surface area contributed by atoms with E-state index < -0.39 is 0 Å². The van der Waals surface area contributed by atoms with E-state index >= 15 is 0 Å². The minimum atomic E-state index is -0.287. The minimum absolute atomic E-state index is 0.256. The van der Waals surface area contributed by atoms with Gasteiger partial charge in [-0.25, -0.2) is 4.39 Å². The Labute approximate surface area is 167 Å². The number of benzene rings is 3. The van der Waals surface area contributed by atoms with Gasteiger partial charge < -0.3 is 14.8 Å². The van der Waals surface area contributed by atoms with Crippen molar-refractivity contribution in [3.05, 3.63) is 87.7 Å². The number of halogens is 3. The van der Waals surface area contributed by atoms with Crippen LogP contribution in [0.3, 0.4) is 0 Å². The van der Waals surface area contributed by atoms with Crippen LogP contribution in [0.4, 0.5) is 10.1 Å². The van der Waals surface area contributed by atoms with Crippen molar-refractivity contribution in [2.24, 2.45) is 0 Å². The van der Waals surface area contributed by atoms with Gasteiger partial charge in [0.05, 0.1) is 17.8 Å². The first kappa shape index (κ1) is 19.3. The van der Waals surface area contributed by atoms with Gasteiger partial charge in [0.2, 0.25) is 0 Å². The third-order valence-corrected chi connectivity index (χ3v) is 4.47. The Hall–Kier alpha value is -2.43. The largest absolute Gasteiger partial charge is 0.493 e. The van der Waals surface area contributed by atoms with E-state index in [0.717, 1.165) is 16.8 Å². The molecule has 0 atom stereocenters. The molecule has 0 saturated carbocycles. The Morgan fingerprint density at radius 2 is 1.78 bits per heavy atom. The molecule has 0 aromatic heterocycles. The van der Waals surface area contributed by atoms with Crippen molar-refractivity contribution in [3.8, 4) is 11.5 Å². The summed E-state index contributed by atoms with van der Waals surface area (Å²) in [5.41, 5.74) is 2.54. The molecule has 0 spiro atoms. The molecule has 0 aliphatic rings. The van der Waals surface area contributed by atoms with Crippen molar-refractivity contribution in [2.45, 2.75) is 13.2 Å². The summed E-state index contributed by atoms with van der Waals surface area (Å²) in [5, 5.41) is 4.41. The first-order valence-electron chi connectivity index (χ1n) is 8.28. The monoisotopic (exact) mass is 405 g/mol. The number of methoxy groups -OCH3 is 1. The van der Waals surface area contributed by atoms with Crippen LogP contribution in [0.5, 0.6) is 11.5 Å². The zero-order chi connectivity index (χ0) is 19.2. The summed E-state index contributed by atoms with van der Waals surface area (Å²) in [4.78, 5) is 0. The fourth-order valence-electron chi connectivity index (χ4n) is 2.56. The van der Waals surface area contributed by atoms with E-state index in [-0.39, 0.29) is 12.4 Å². The van der Waals surface area contributed by atoms with Crippen LogP contribution in [0.2, 0.25) is 10.0 Å². The van der Waals surface area contributed by atoms with Crippen molar-refractivity contribution in [3.63, 3.8) is 0 Å². The highest BCUT2D eigenvalue weighted by Gasteiger charge is 2.08. The van der Waals surface area contributed by atoms with Gasteiger partial charge in [-0.05, 0) is 53.6 Å². The van der Waals surface area contributed by atoms with E-state index in [9.17, 15) is 4.39 Å². The number of ether oxygens (including phenoxy) is 2. The van der Waals surface area contributed by atoms with Crippen molar-refractivity contribution < 1.29 is 13.9 Å². The van der Waals surface area contributed by atoms with Crippen LogP contribution in [0.15, 0.2) is 60.7 Å². The highest BCUT2D eigenvalue weighted by Crippen LogP contribution is 2.30. The van der Waals surface area contributed by atoms with Gasteiger partial charge in [0.25, 0.3) is 0 Å². The van der Waals surface area contributed by atoms with E-state index in [2.05, 4.69) is 5.32 Å². The Balaban J connectivity index is 1.66. The second-order valence-corrected chi connectivity index (χ2v) is 6.73. The Bertz CT molecular complexity index is 934. The van der Waals surface area contributed by atoms with Crippen LogP contribution >= 0.6 is 23.2 Å². The van der Waals surface area contributed by atoms with Crippen molar-refractivity contribution in [1.29, 1.82) is 0 Å². The third-order valence-electron chi connectivity index (χ3n) is 3.93. The summed E-state index contributed by atoms with van der Waals surface area (Å²) < 4.78 is 24.5. The smallest absolute Gasteiger partial charge is 0.161 e. The number of hydrogen-bond acceptors (Lipinski definition) is 3. The molecule has 3 nitrogen and oxygen atoms in total. The highest BCUT2D eigenvalue weighted by atomic mass is 35.5. The molecule has 1 N–H and O–H groups in total. The maximum Gasteiger partial charge on any atom is 0.161 e. The molecule has 3 rings (SSSR count). The van der Waals surface area contributed by atoms with Gasteiger partial charge in [0.15, 0.2) is 11.5 Å². The van der Waals surface area contributed by atoms with Crippen LogP contribution in [0, 0.1) is 5.82 Å². The SMILES string of the molecule is COc1cc(CNc2ccc(Cl)cc2Cl)ccc1OCc1cccc(F)c1. The van der Waals surface area contributed by atoms with E-state index in [1.807, 2.05) is 30.3 Å². The lowest BCUT2D eigenvalue weighted by atomic mass is 10.2. The molecule has 0 aliphatic heterocycles. The lowest BCUT2D eigenvalue weighted by Crippen LogP contribution is -2.02. The minimum Gasteiger partial charge on any atom is -0.493 e. The first-order valence-corrected chi connectivity index (χ1v) is 9.04. The maximum absolute atomic E-state index is 13.3. The van der Waals surface area contributed by atoms with E-state index in [0.29, 0.717) is 28.1 Å². The number of anilines is 1. The van der Waals surface area contributed by atoms with Crippen molar-refractivity contribution >= 4 is 28.9 Å². The summed E-state index contributed by atoms with van der Waals surface area (Å²) >= 11 is 12.1. The van der Waals surface area contributed by atoms with Gasteiger partial charge in [-0.1, -0.05) is 41.4 Å². The summed E-state index contributed by atoms with van der Waals surface area (Å²) in [6, 6.07) is 17.3. The molecule has 140 valence electrons. The Morgan fingerprint density at radius 3 is 2.52 bits per heavy atom. The summed E-state index contributed by atoms with van der Waals surface area (Å²) in [7, 11) is 1.58. The van der Waals surface area contributed by atoms with Gasteiger partial charge in [0, 0.05) is 11.6 Å². The number of hydrogen-bond donors (Lipinski definition) is 1. The van der Waals surface area contributed by atoms with Crippen LogP contribution in [-0.4, -0.2) is 7.11 Å². The molecule has 0 saturated heterocycles. The standard InChI is InChI=1S/C21H18Cl2FNO2/c1-26-21-10-14(12-25-19-7-6-16(22)11-18(19)23)5-8-20(21)27-13-15-3-2-4-17(24)9-15/h2-11,25H,12-13H2,1H3. The summed E-state index contributed by atoms with van der Waals surface area (Å²) in [6.45, 7) is 0.813. The fraction of sp³-hybridized carbons (Fsp3) is 0.143. The average molecular weight is 406 g/mol. The molecule has 27 heavy (non-hydrogen) atoms. The van der Waals surface area contributed by atoms with E-state index in [1.165, 1.54) is 12.1 Å². The number of nitrogens with one attached hydrogen (secondary N) is 1. The molecular formula is C21H18Cl2FNO2. The molecule has 0 heterocycles. The Kier molecular flexibility index (Phi) is 6.43. The molecule has 0 amide bonds. The lowest BCUT2D eigenvalue weighted by molar-refractivity contribution is 0.284. The van der Waals surface area contributed by atoms with Gasteiger partial charge in [-0.3, -0.25) is 0 Å². The van der Waals surface area contributed by atoms with Crippen LogP contribution < -0.4 is 14.8 Å². The normalized spacial score (nSPS) is 10.5. The highest BCUT2D eigenvalue weighted by molar-refractivity contribution is 6.36. The van der Waals surface area contributed by atoms with Gasteiger partial charge in [0.1, 0.15) is 12.4 Å². The molecule has 3 aromatic rings. The van der Waals surface area contributed by atoms with Crippen LogP contribution in [0.1, 0.15) is 11.1 Å². The summed E-state index contributed by atoms with van der Waals surface area (Å²) in [6.07, 6.45) is 0. The second kappa shape index (κ2) is 8.98. The molecular weight excluding hydrogens is 388 g/mol. The molecule has 0 bridgehead atoms. The van der Waals surface area contributed by atoms with Crippen molar-refractivity contribution in [2.75, 3.05) is 12.4 Å². The third kappa shape index (κ3) is 5.28. The summed E-state index contributed by atoms with van der Waals surface area (Å²) in [5.74, 6) is 0.910. The van der Waals surface area contributed by atoms with Crippen LogP contribution in [-0.2, 0) is 13.2 Å². The second-order valence-electron chi connectivity index (χ2n) is 5.88. The molecule has 0 unspecified atom stereocenters. The maximum atomic E-state index is 13.3. The zero-order valence-corrected chi connectivity index (χ0v) is 16.1. The van der Waals surface area contributed by atoms with Crippen LogP contribution in [0.25, 0.3) is 0 Å². The topological polar surface area (TPSA) is 30.5 Å².